The highest BCUT2D eigenvalue weighted by atomic mass is 16.6. The number of carbonyl (C=O) groups excluding carboxylic acids is 2. The summed E-state index contributed by atoms with van der Waals surface area (Å²) in [6.07, 6.45) is -0.326. The van der Waals surface area contributed by atoms with Crippen LogP contribution in [0.1, 0.15) is 52.2 Å². The zero-order chi connectivity index (χ0) is 21.6. The van der Waals surface area contributed by atoms with E-state index in [4.69, 9.17) is 15.2 Å². The van der Waals surface area contributed by atoms with Gasteiger partial charge in [-0.2, -0.15) is 0 Å². The lowest BCUT2D eigenvalue weighted by Crippen LogP contribution is -2.45. The molecule has 2 amide bonds. The number of hydrogen-bond donors (Lipinski definition) is 2. The minimum atomic E-state index is -0.671. The highest BCUT2D eigenvalue weighted by Gasteiger charge is 2.41. The van der Waals surface area contributed by atoms with Crippen molar-refractivity contribution in [3.8, 4) is 0 Å². The molecule has 7 heteroatoms. The molecule has 1 aromatic carbocycles. The fourth-order valence-corrected chi connectivity index (χ4v) is 2.90. The monoisotopic (exact) mass is 393 g/mol. The minimum absolute atomic E-state index is 0.213. The van der Waals surface area contributed by atoms with Crippen LogP contribution in [0.4, 0.5) is 16.2 Å². The number of carbonyl (C=O) groups is 2. The van der Waals surface area contributed by atoms with Crippen molar-refractivity contribution < 1.29 is 19.1 Å². The molecule has 0 spiro atoms. The maximum absolute atomic E-state index is 12.8. The van der Waals surface area contributed by atoms with Crippen LogP contribution in [0.2, 0.25) is 0 Å². The number of ether oxygens (including phenoxy) is 2. The second-order valence-electron chi connectivity index (χ2n) is 7.70. The number of amides is 2. The van der Waals surface area contributed by atoms with Gasteiger partial charge in [0, 0.05) is 13.5 Å². The Labute approximate surface area is 168 Å². The van der Waals surface area contributed by atoms with Crippen LogP contribution < -0.4 is 11.1 Å². The number of nitrogens with zero attached hydrogens (tertiary/aromatic N) is 1. The summed E-state index contributed by atoms with van der Waals surface area (Å²) in [5.41, 5.74) is 8.53. The van der Waals surface area contributed by atoms with Crippen LogP contribution in [0.25, 0.3) is 0 Å². The number of rotatable bonds is 3. The highest BCUT2D eigenvalue weighted by molar-refractivity contribution is 5.99. The van der Waals surface area contributed by atoms with E-state index in [0.29, 0.717) is 24.3 Å². The molecule has 0 aromatic heterocycles. The topological polar surface area (TPSA) is 93.9 Å². The first-order chi connectivity index (χ1) is 13.0. The van der Waals surface area contributed by atoms with E-state index in [2.05, 4.69) is 5.32 Å². The van der Waals surface area contributed by atoms with Crippen molar-refractivity contribution >= 4 is 23.4 Å². The van der Waals surface area contributed by atoms with E-state index >= 15 is 0 Å². The molecule has 2 rings (SSSR count). The third kappa shape index (κ3) is 5.86. The molecule has 1 aliphatic heterocycles. The number of nitrogens with one attached hydrogen (secondary N) is 1. The number of likely N-dealkylation sites (tertiary alicyclic amines) is 1. The largest absolute Gasteiger partial charge is 0.444 e. The fraction of sp³-hybridized carbons (Fsp3) is 0.619. The molecule has 28 heavy (non-hydrogen) atoms. The van der Waals surface area contributed by atoms with Crippen LogP contribution in [0.15, 0.2) is 12.1 Å². The number of benzene rings is 1. The molecule has 0 bridgehead atoms. The van der Waals surface area contributed by atoms with Crippen LogP contribution in [-0.4, -0.2) is 48.3 Å². The van der Waals surface area contributed by atoms with Crippen LogP contribution in [0.5, 0.6) is 0 Å². The van der Waals surface area contributed by atoms with E-state index in [-0.39, 0.29) is 12.0 Å². The van der Waals surface area contributed by atoms with Gasteiger partial charge in [-0.1, -0.05) is 19.9 Å². The van der Waals surface area contributed by atoms with Crippen molar-refractivity contribution in [1.29, 1.82) is 0 Å². The molecule has 1 aromatic rings. The van der Waals surface area contributed by atoms with E-state index in [9.17, 15) is 9.59 Å². The number of anilines is 2. The van der Waals surface area contributed by atoms with Gasteiger partial charge in [0.15, 0.2) is 0 Å². The molecule has 7 nitrogen and oxygen atoms in total. The quantitative estimate of drug-likeness (QED) is 0.760. The predicted octanol–water partition coefficient (Wildman–Crippen LogP) is 3.87. The van der Waals surface area contributed by atoms with E-state index in [1.54, 1.807) is 33.9 Å². The minimum Gasteiger partial charge on any atom is -0.444 e. The number of aryl methyl sites for hydroxylation is 1. The first-order valence-corrected chi connectivity index (χ1v) is 9.72. The zero-order valence-electron chi connectivity index (χ0n) is 18.4. The summed E-state index contributed by atoms with van der Waals surface area (Å²) in [5.74, 6) is -0.301. The number of nitrogen functional groups attached to an aromatic ring is 1. The van der Waals surface area contributed by atoms with Crippen LogP contribution in [-0.2, 0) is 14.3 Å². The maximum Gasteiger partial charge on any atom is 0.411 e. The van der Waals surface area contributed by atoms with Gasteiger partial charge in [-0.15, -0.1) is 0 Å². The van der Waals surface area contributed by atoms with Crippen molar-refractivity contribution in [3.63, 3.8) is 0 Å². The van der Waals surface area contributed by atoms with E-state index in [1.165, 1.54) is 4.90 Å². The van der Waals surface area contributed by atoms with Crippen molar-refractivity contribution in [2.75, 3.05) is 24.7 Å². The van der Waals surface area contributed by atoms with E-state index in [0.717, 1.165) is 11.1 Å². The summed E-state index contributed by atoms with van der Waals surface area (Å²) in [5, 5.41) is 2.84. The maximum atomic E-state index is 12.8. The van der Waals surface area contributed by atoms with Gasteiger partial charge in [-0.3, -0.25) is 9.69 Å². The average Bonchev–Trinajstić information content (AvgIpc) is 3.07. The predicted molar refractivity (Wildman–Crippen MR) is 112 cm³/mol. The van der Waals surface area contributed by atoms with E-state index in [1.807, 2.05) is 33.8 Å². The molecule has 0 aliphatic carbocycles. The lowest BCUT2D eigenvalue weighted by molar-refractivity contribution is -0.120. The third-order valence-corrected chi connectivity index (χ3v) is 4.57. The zero-order valence-corrected chi connectivity index (χ0v) is 18.4. The van der Waals surface area contributed by atoms with Gasteiger partial charge in [-0.05, 0) is 51.8 Å². The summed E-state index contributed by atoms with van der Waals surface area (Å²) in [4.78, 5) is 26.8. The van der Waals surface area contributed by atoms with Gasteiger partial charge in [0.1, 0.15) is 11.6 Å². The Kier molecular flexibility index (Phi) is 8.29. The smallest absolute Gasteiger partial charge is 0.411 e. The van der Waals surface area contributed by atoms with Crippen molar-refractivity contribution in [2.45, 2.75) is 72.6 Å². The van der Waals surface area contributed by atoms with E-state index < -0.39 is 17.7 Å². The lowest BCUT2D eigenvalue weighted by atomic mass is 10.1. The molecule has 2 unspecified atom stereocenters. The normalized spacial score (nSPS) is 18.9. The van der Waals surface area contributed by atoms with Gasteiger partial charge >= 0.3 is 6.09 Å². The molecule has 2 atom stereocenters. The first kappa shape index (κ1) is 23.8. The number of hydrogen-bond acceptors (Lipinski definition) is 5. The van der Waals surface area contributed by atoms with Crippen molar-refractivity contribution in [2.24, 2.45) is 0 Å². The lowest BCUT2D eigenvalue weighted by Gasteiger charge is -2.28. The van der Waals surface area contributed by atoms with Gasteiger partial charge in [-0.25, -0.2) is 4.79 Å². The molecule has 1 heterocycles. The van der Waals surface area contributed by atoms with Gasteiger partial charge in [0.2, 0.25) is 5.91 Å². The number of methoxy groups -OCH3 is 1. The Hall–Kier alpha value is -2.28. The molecule has 3 N–H and O–H groups in total. The standard InChI is InChI=1S/C19H29N3O4.C2H6/c1-11-7-8-14(16(20)12(11)2)21-17(23)15-9-13(25-6)10-22(15)18(24)26-19(3,4)5;1-2/h7-8,13,15H,9-10,20H2,1-6H3,(H,21,23);1-2H3. The van der Waals surface area contributed by atoms with Crippen LogP contribution in [0, 0.1) is 13.8 Å². The Bertz CT molecular complexity index is 698. The van der Waals surface area contributed by atoms with Crippen molar-refractivity contribution in [3.05, 3.63) is 23.3 Å². The third-order valence-electron chi connectivity index (χ3n) is 4.57. The summed E-state index contributed by atoms with van der Waals surface area (Å²) >= 11 is 0. The molecule has 1 saturated heterocycles. The Morgan fingerprint density at radius 1 is 1.21 bits per heavy atom. The summed E-state index contributed by atoms with van der Waals surface area (Å²) in [7, 11) is 1.57. The molecule has 1 aliphatic rings. The summed E-state index contributed by atoms with van der Waals surface area (Å²) in [6, 6.07) is 3.01. The molecule has 0 radical (unpaired) electrons. The number of nitrogens with two attached hydrogens (primary N) is 1. The van der Waals surface area contributed by atoms with Crippen LogP contribution in [0.3, 0.4) is 0 Å². The summed E-state index contributed by atoms with van der Waals surface area (Å²) in [6.45, 7) is 13.6. The van der Waals surface area contributed by atoms with Crippen LogP contribution >= 0.6 is 0 Å². The Morgan fingerprint density at radius 3 is 2.36 bits per heavy atom. The molecule has 158 valence electrons. The molecule has 1 fully saturated rings. The molecule has 0 saturated carbocycles. The fourth-order valence-electron chi connectivity index (χ4n) is 2.90. The SMILES string of the molecule is CC.COC1CC(C(=O)Nc2ccc(C)c(C)c2N)N(C(=O)OC(C)(C)C)C1. The molecular weight excluding hydrogens is 358 g/mol. The van der Waals surface area contributed by atoms with Gasteiger partial charge in [0.05, 0.1) is 24.0 Å². The Morgan fingerprint density at radius 2 is 1.82 bits per heavy atom. The average molecular weight is 394 g/mol. The molecular formula is C21H35N3O4. The first-order valence-electron chi connectivity index (χ1n) is 9.72. The van der Waals surface area contributed by atoms with Gasteiger partial charge < -0.3 is 20.5 Å². The van der Waals surface area contributed by atoms with Gasteiger partial charge in [0.25, 0.3) is 0 Å². The van der Waals surface area contributed by atoms with Crippen molar-refractivity contribution in [1.82, 2.24) is 4.90 Å². The summed E-state index contributed by atoms with van der Waals surface area (Å²) < 4.78 is 10.8. The second kappa shape index (κ2) is 9.78. The highest BCUT2D eigenvalue weighted by Crippen LogP contribution is 2.28. The Balaban J connectivity index is 0.00000190. The second-order valence-corrected chi connectivity index (χ2v) is 7.70.